The topological polar surface area (TPSA) is 9.23 Å². The van der Waals surface area contributed by atoms with Gasteiger partial charge in [-0.3, -0.25) is 0 Å². The Labute approximate surface area is 179 Å². The van der Waals surface area contributed by atoms with E-state index < -0.39 is 20.3 Å². The molecule has 0 aromatic heterocycles. The fourth-order valence-electron chi connectivity index (χ4n) is 5.26. The first kappa shape index (κ1) is 20.9. The molecular weight excluding hydrogens is 454 g/mol. The van der Waals surface area contributed by atoms with Crippen molar-refractivity contribution >= 4 is 0 Å². The van der Waals surface area contributed by atoms with Gasteiger partial charge >= 0.3 is 155 Å². The molecule has 0 N–H and O–H groups in total. The van der Waals surface area contributed by atoms with Crippen LogP contribution in [0.1, 0.15) is 35.0 Å². The number of hydrogen-bond acceptors (Lipinski definition) is 1. The molecule has 1 unspecified atom stereocenters. The van der Waals surface area contributed by atoms with Gasteiger partial charge in [0.05, 0.1) is 0 Å². The minimum atomic E-state index is -2.36. The number of methoxy groups -OCH3 is 1. The van der Waals surface area contributed by atoms with E-state index in [0.717, 1.165) is 5.75 Å². The van der Waals surface area contributed by atoms with Crippen molar-refractivity contribution in [2.24, 2.45) is 0 Å². The minimum Gasteiger partial charge on any atom is -1.00 e. The Hall–Kier alpha value is -0.817. The Morgan fingerprint density at radius 2 is 1.63 bits per heavy atom. The zero-order chi connectivity index (χ0) is 17.2. The summed E-state index contributed by atoms with van der Waals surface area (Å²) in [5.74, 6) is 1.04. The minimum absolute atomic E-state index is 0. The summed E-state index contributed by atoms with van der Waals surface area (Å²) in [6, 6.07) is 15.8. The van der Waals surface area contributed by atoms with Gasteiger partial charge in [-0.25, -0.2) is 0 Å². The van der Waals surface area contributed by atoms with Gasteiger partial charge < -0.3 is 24.8 Å². The molecule has 0 saturated carbocycles. The molecule has 5 rings (SSSR count). The zero-order valence-electron chi connectivity index (χ0n) is 16.0. The van der Waals surface area contributed by atoms with Crippen molar-refractivity contribution in [3.05, 3.63) is 74.1 Å². The Bertz CT molecular complexity index is 957. The number of fused-ring (bicyclic) bond motifs is 3. The maximum absolute atomic E-state index is 5.76. The molecule has 0 radical (unpaired) electrons. The molecule has 0 amide bonds. The molecule has 2 aromatic carbocycles. The van der Waals surface area contributed by atoms with Crippen LogP contribution >= 0.6 is 0 Å². The van der Waals surface area contributed by atoms with E-state index >= 15 is 0 Å². The van der Waals surface area contributed by atoms with E-state index in [2.05, 4.69) is 62.4 Å². The van der Waals surface area contributed by atoms with E-state index in [9.17, 15) is 0 Å². The van der Waals surface area contributed by atoms with Gasteiger partial charge in [0, 0.05) is 0 Å². The Morgan fingerprint density at radius 1 is 0.926 bits per heavy atom. The van der Waals surface area contributed by atoms with Crippen molar-refractivity contribution in [1.82, 2.24) is 0 Å². The average Bonchev–Trinajstić information content (AvgIpc) is 3.25. The molecular formula is C23H24Cl2OZr. The first-order valence-corrected chi connectivity index (χ1v) is 15.4. The number of halogens is 2. The number of allylic oxidation sites excluding steroid dienone is 4. The van der Waals surface area contributed by atoms with Crippen LogP contribution in [0, 0.1) is 0 Å². The van der Waals surface area contributed by atoms with Crippen LogP contribution in [0.25, 0.3) is 11.1 Å². The summed E-state index contributed by atoms with van der Waals surface area (Å²) < 4.78 is 11.4. The first-order chi connectivity index (χ1) is 12.2. The molecule has 1 heterocycles. The Balaban J connectivity index is 0.00000105. The van der Waals surface area contributed by atoms with Crippen LogP contribution in [-0.4, -0.2) is 7.11 Å². The second kappa shape index (κ2) is 7.54. The van der Waals surface area contributed by atoms with E-state index in [4.69, 9.17) is 4.74 Å². The average molecular weight is 479 g/mol. The molecule has 2 aliphatic carbocycles. The summed E-state index contributed by atoms with van der Waals surface area (Å²) in [6.07, 6.45) is 3.70. The summed E-state index contributed by atoms with van der Waals surface area (Å²) in [5, 5.41) is 0. The smallest absolute Gasteiger partial charge is 1.00 e. The maximum Gasteiger partial charge on any atom is -1.00 e. The molecule has 0 spiro atoms. The van der Waals surface area contributed by atoms with Gasteiger partial charge in [-0.2, -0.15) is 0 Å². The Morgan fingerprint density at radius 3 is 2.26 bits per heavy atom. The zero-order valence-corrected chi connectivity index (χ0v) is 20.0. The summed E-state index contributed by atoms with van der Waals surface area (Å²) in [7, 11) is 1.80. The van der Waals surface area contributed by atoms with E-state index in [0.29, 0.717) is 3.63 Å². The van der Waals surface area contributed by atoms with Crippen LogP contribution < -0.4 is 29.6 Å². The molecule has 3 aliphatic rings. The Kier molecular flexibility index (Phi) is 5.84. The van der Waals surface area contributed by atoms with E-state index in [-0.39, 0.29) is 24.8 Å². The fourth-order valence-corrected chi connectivity index (χ4v) is 21.3. The molecule has 1 nitrogen and oxygen atoms in total. The van der Waals surface area contributed by atoms with Gasteiger partial charge in [-0.15, -0.1) is 0 Å². The van der Waals surface area contributed by atoms with Gasteiger partial charge in [0.2, 0.25) is 0 Å². The number of benzene rings is 2. The summed E-state index contributed by atoms with van der Waals surface area (Å²) in [5.41, 5.74) is 9.08. The van der Waals surface area contributed by atoms with Crippen LogP contribution in [0.5, 0.6) is 5.75 Å². The molecule has 140 valence electrons. The van der Waals surface area contributed by atoms with Crippen LogP contribution in [-0.2, 0) is 20.3 Å². The van der Waals surface area contributed by atoms with E-state index in [1.54, 1.807) is 23.8 Å². The largest absolute Gasteiger partial charge is 1.00 e. The molecule has 1 atom stereocenters. The molecule has 2 aromatic rings. The number of rotatable bonds is 3. The second-order valence-corrected chi connectivity index (χ2v) is 18.8. The van der Waals surface area contributed by atoms with Crippen molar-refractivity contribution in [1.29, 1.82) is 0 Å². The first-order valence-electron chi connectivity index (χ1n) is 9.31. The monoisotopic (exact) mass is 476 g/mol. The van der Waals surface area contributed by atoms with Crippen LogP contribution in [0.4, 0.5) is 0 Å². The van der Waals surface area contributed by atoms with E-state index in [1.807, 2.05) is 3.28 Å². The van der Waals surface area contributed by atoms with Crippen LogP contribution in [0.2, 0.25) is 8.26 Å². The molecule has 1 saturated heterocycles. The van der Waals surface area contributed by atoms with Crippen molar-refractivity contribution < 1.29 is 49.8 Å². The van der Waals surface area contributed by atoms with Crippen molar-refractivity contribution in [2.45, 2.75) is 32.2 Å². The molecule has 0 bridgehead atoms. The van der Waals surface area contributed by atoms with Gasteiger partial charge in [-0.1, -0.05) is 0 Å². The van der Waals surface area contributed by atoms with Gasteiger partial charge in [-0.05, 0) is 0 Å². The van der Waals surface area contributed by atoms with Crippen LogP contribution in [0.3, 0.4) is 0 Å². The van der Waals surface area contributed by atoms with Crippen molar-refractivity contribution in [3.8, 4) is 16.9 Å². The SMILES string of the molecule is COc1cccc2c1-c1ccccc1[CH]2[Zr+2]1([C]2=C(C)C(C)=CC2)[CH2][CH2]1.[Cl-].[Cl-]. The quantitative estimate of drug-likeness (QED) is 0.621. The van der Waals surface area contributed by atoms with Crippen LogP contribution in [0.15, 0.2) is 63.0 Å². The number of ether oxygens (including phenoxy) is 1. The predicted molar refractivity (Wildman–Crippen MR) is 101 cm³/mol. The summed E-state index contributed by atoms with van der Waals surface area (Å²) >= 11 is -2.36. The maximum atomic E-state index is 5.76. The normalized spacial score (nSPS) is 19.7. The van der Waals surface area contributed by atoms with E-state index in [1.165, 1.54) is 31.4 Å². The molecule has 4 heteroatoms. The van der Waals surface area contributed by atoms with Gasteiger partial charge in [0.25, 0.3) is 0 Å². The standard InChI is InChI=1S/C14H11O.C7H9.C2H4.2ClH.Zr/c1-15-13-8-4-6-11-9-10-5-2-3-7-12(10)14(11)13;1-6-4-3-5-7(6)2;1-2;;;/h2-9H,1H3;4H,3H2,1-2H3;1-2H2;2*1H;/q;;;;;+2/p-2. The van der Waals surface area contributed by atoms with Gasteiger partial charge in [0.1, 0.15) is 0 Å². The second-order valence-electron chi connectivity index (χ2n) is 7.80. The third-order valence-corrected chi connectivity index (χ3v) is 19.2. The predicted octanol–water partition coefficient (Wildman–Crippen LogP) is 0.401. The molecule has 27 heavy (non-hydrogen) atoms. The molecule has 1 aliphatic heterocycles. The van der Waals surface area contributed by atoms with Crippen molar-refractivity contribution in [3.63, 3.8) is 0 Å². The third-order valence-electron chi connectivity index (χ3n) is 6.73. The van der Waals surface area contributed by atoms with Gasteiger partial charge in [0.15, 0.2) is 0 Å². The van der Waals surface area contributed by atoms with Crippen molar-refractivity contribution in [2.75, 3.05) is 7.11 Å². The summed E-state index contributed by atoms with van der Waals surface area (Å²) in [4.78, 5) is 0. The third kappa shape index (κ3) is 2.91. The molecule has 1 fully saturated rings. The fraction of sp³-hybridized carbons (Fsp3) is 0.304. The summed E-state index contributed by atoms with van der Waals surface area (Å²) in [6.45, 7) is 4.67. The number of hydrogen-bond donors (Lipinski definition) is 0.